The number of nitrogens with one attached hydrogen (secondary N) is 1. The number of carbonyl (C=O) groups is 1. The summed E-state index contributed by atoms with van der Waals surface area (Å²) in [5.74, 6) is 0.00786. The highest BCUT2D eigenvalue weighted by atomic mass is 16.2. The van der Waals surface area contributed by atoms with E-state index >= 15 is 0 Å². The van der Waals surface area contributed by atoms with Crippen LogP contribution in [-0.4, -0.2) is 78.1 Å². The van der Waals surface area contributed by atoms with Gasteiger partial charge in [-0.1, -0.05) is 18.2 Å². The Hall–Kier alpha value is -2.31. The van der Waals surface area contributed by atoms with Crippen molar-refractivity contribution in [3.63, 3.8) is 0 Å². The number of nitrogens with zero attached hydrogens (tertiary/aromatic N) is 4. The first-order valence-corrected chi connectivity index (χ1v) is 10.9. The number of likely N-dealkylation sites (N-methyl/N-ethyl adjacent to an activating group) is 1. The lowest BCUT2D eigenvalue weighted by Gasteiger charge is -2.32. The van der Waals surface area contributed by atoms with E-state index in [1.807, 2.05) is 35.1 Å². The highest BCUT2D eigenvalue weighted by Gasteiger charge is 2.17. The average molecular weight is 396 g/mol. The smallest absolute Gasteiger partial charge is 0.267 e. The van der Waals surface area contributed by atoms with Crippen molar-refractivity contribution in [1.29, 1.82) is 0 Å². The number of amides is 1. The molecule has 0 bridgehead atoms. The summed E-state index contributed by atoms with van der Waals surface area (Å²) in [7, 11) is 2.20. The number of carbonyl (C=O) groups excluding carboxylic acids is 1. The highest BCUT2D eigenvalue weighted by Crippen LogP contribution is 2.18. The lowest BCUT2D eigenvalue weighted by molar-refractivity contribution is -0.114. The average Bonchev–Trinajstić information content (AvgIpc) is 3.16. The fourth-order valence-electron chi connectivity index (χ4n) is 4.25. The Kier molecular flexibility index (Phi) is 6.52. The second-order valence-corrected chi connectivity index (χ2v) is 8.33. The molecule has 4 rings (SSSR count). The minimum absolute atomic E-state index is 0.00786. The van der Waals surface area contributed by atoms with Gasteiger partial charge >= 0.3 is 0 Å². The van der Waals surface area contributed by atoms with Crippen LogP contribution >= 0.6 is 0 Å². The van der Waals surface area contributed by atoms with Crippen molar-refractivity contribution in [2.75, 3.05) is 58.3 Å². The number of piperazine rings is 1. The van der Waals surface area contributed by atoms with Crippen molar-refractivity contribution in [3.05, 3.63) is 48.3 Å². The van der Waals surface area contributed by atoms with Gasteiger partial charge in [0.1, 0.15) is 0 Å². The molecule has 1 saturated heterocycles. The summed E-state index contributed by atoms with van der Waals surface area (Å²) in [6, 6.07) is 10.1. The Bertz CT molecular complexity index is 850. The highest BCUT2D eigenvalue weighted by molar-refractivity contribution is 6.00. The van der Waals surface area contributed by atoms with Crippen molar-refractivity contribution in [2.24, 2.45) is 0 Å². The van der Waals surface area contributed by atoms with Crippen molar-refractivity contribution in [2.45, 2.75) is 25.7 Å². The lowest BCUT2D eigenvalue weighted by Crippen LogP contribution is -2.44. The fraction of sp³-hybridized carbons (Fsp3) is 0.522. The van der Waals surface area contributed by atoms with Gasteiger partial charge in [-0.05, 0) is 51.4 Å². The Morgan fingerprint density at radius 3 is 2.66 bits per heavy atom. The minimum atomic E-state index is 0.00786. The van der Waals surface area contributed by atoms with Crippen molar-refractivity contribution >= 4 is 16.8 Å². The standard InChI is InChI=1S/C23H33N5O/c1-25-15-17-26(18-16-25)11-4-5-12-27-13-6-8-21(19-27)23(29)24-28-14-10-20-7-2-3-9-22(20)28/h2-3,7,9-10,14,19H,4-6,8,11-13,15-18H2,1H3,(H,24,29). The first-order chi connectivity index (χ1) is 14.2. The van der Waals surface area contributed by atoms with Crippen molar-refractivity contribution < 1.29 is 4.79 Å². The molecule has 156 valence electrons. The quantitative estimate of drug-likeness (QED) is 0.732. The van der Waals surface area contributed by atoms with Crippen LogP contribution in [0.1, 0.15) is 25.7 Å². The molecule has 1 fully saturated rings. The van der Waals surface area contributed by atoms with Gasteiger partial charge in [-0.2, -0.15) is 0 Å². The number of rotatable bonds is 7. The number of para-hydroxylation sites is 1. The van der Waals surface area contributed by atoms with E-state index in [2.05, 4.69) is 39.4 Å². The van der Waals surface area contributed by atoms with E-state index in [0.717, 1.165) is 42.4 Å². The zero-order valence-corrected chi connectivity index (χ0v) is 17.5. The van der Waals surface area contributed by atoms with E-state index in [-0.39, 0.29) is 5.91 Å². The third-order valence-corrected chi connectivity index (χ3v) is 6.11. The van der Waals surface area contributed by atoms with E-state index in [4.69, 9.17) is 0 Å². The maximum absolute atomic E-state index is 12.8. The molecule has 0 atom stereocenters. The third-order valence-electron chi connectivity index (χ3n) is 6.11. The molecule has 0 radical (unpaired) electrons. The van der Waals surface area contributed by atoms with Gasteiger partial charge in [-0.25, -0.2) is 0 Å². The molecule has 1 amide bonds. The van der Waals surface area contributed by atoms with Gasteiger partial charge in [-0.15, -0.1) is 0 Å². The number of benzene rings is 1. The number of fused-ring (bicyclic) bond motifs is 1. The SMILES string of the molecule is CN1CCN(CCCCN2C=C(C(=O)Nn3ccc4ccccc43)CCC2)CC1. The second kappa shape index (κ2) is 9.46. The molecule has 0 spiro atoms. The van der Waals surface area contributed by atoms with Gasteiger partial charge in [0, 0.05) is 62.6 Å². The van der Waals surface area contributed by atoms with Crippen molar-refractivity contribution in [3.8, 4) is 0 Å². The third kappa shape index (κ3) is 5.19. The first kappa shape index (κ1) is 20.0. The molecule has 29 heavy (non-hydrogen) atoms. The lowest BCUT2D eigenvalue weighted by atomic mass is 10.1. The fourth-order valence-corrected chi connectivity index (χ4v) is 4.25. The van der Waals surface area contributed by atoms with Crippen LogP contribution in [0.3, 0.4) is 0 Å². The zero-order valence-electron chi connectivity index (χ0n) is 17.5. The monoisotopic (exact) mass is 395 g/mol. The number of unbranched alkanes of at least 4 members (excludes halogenated alkanes) is 1. The summed E-state index contributed by atoms with van der Waals surface area (Å²) in [6.07, 6.45) is 8.31. The molecule has 0 unspecified atom stereocenters. The van der Waals surface area contributed by atoms with Gasteiger partial charge < -0.3 is 14.7 Å². The molecule has 2 aromatic rings. The summed E-state index contributed by atoms with van der Waals surface area (Å²) < 4.78 is 1.83. The number of hydrogen-bond donors (Lipinski definition) is 1. The van der Waals surface area contributed by atoms with Crippen LogP contribution in [-0.2, 0) is 4.79 Å². The Labute approximate surface area is 173 Å². The molecule has 2 aliphatic heterocycles. The van der Waals surface area contributed by atoms with Crippen LogP contribution < -0.4 is 5.43 Å². The summed E-state index contributed by atoms with van der Waals surface area (Å²) >= 11 is 0. The molecule has 1 aromatic heterocycles. The van der Waals surface area contributed by atoms with Crippen LogP contribution in [0.2, 0.25) is 0 Å². The maximum Gasteiger partial charge on any atom is 0.267 e. The summed E-state index contributed by atoms with van der Waals surface area (Å²) in [5, 5.41) is 1.13. The van der Waals surface area contributed by atoms with E-state index < -0.39 is 0 Å². The molecule has 2 aliphatic rings. The van der Waals surface area contributed by atoms with Crippen LogP contribution in [0.5, 0.6) is 0 Å². The summed E-state index contributed by atoms with van der Waals surface area (Å²) in [5.41, 5.74) is 4.95. The van der Waals surface area contributed by atoms with E-state index in [1.165, 1.54) is 45.6 Å². The van der Waals surface area contributed by atoms with Crippen LogP contribution in [0.15, 0.2) is 48.3 Å². The van der Waals surface area contributed by atoms with Crippen molar-refractivity contribution in [1.82, 2.24) is 19.4 Å². The number of hydrogen-bond acceptors (Lipinski definition) is 4. The van der Waals surface area contributed by atoms with Gasteiger partial charge in [0.15, 0.2) is 0 Å². The van der Waals surface area contributed by atoms with E-state index in [0.29, 0.717) is 0 Å². The molecule has 6 nitrogen and oxygen atoms in total. The normalized spacial score (nSPS) is 18.8. The van der Waals surface area contributed by atoms with Gasteiger partial charge in [0.2, 0.25) is 0 Å². The predicted octanol–water partition coefficient (Wildman–Crippen LogP) is 2.72. The zero-order chi connectivity index (χ0) is 20.1. The first-order valence-electron chi connectivity index (χ1n) is 10.9. The molecular weight excluding hydrogens is 362 g/mol. The van der Waals surface area contributed by atoms with Crippen LogP contribution in [0, 0.1) is 0 Å². The molecule has 3 heterocycles. The molecule has 0 aliphatic carbocycles. The predicted molar refractivity (Wildman–Crippen MR) is 118 cm³/mol. The van der Waals surface area contributed by atoms with Crippen LogP contribution in [0.4, 0.5) is 0 Å². The maximum atomic E-state index is 12.8. The van der Waals surface area contributed by atoms with Gasteiger partial charge in [0.25, 0.3) is 5.91 Å². The summed E-state index contributed by atoms with van der Waals surface area (Å²) in [6.45, 7) is 8.04. The molecule has 0 saturated carbocycles. The van der Waals surface area contributed by atoms with E-state index in [1.54, 1.807) is 0 Å². The Morgan fingerprint density at radius 1 is 1.00 bits per heavy atom. The van der Waals surface area contributed by atoms with Gasteiger partial charge in [0.05, 0.1) is 5.52 Å². The van der Waals surface area contributed by atoms with Gasteiger partial charge in [-0.3, -0.25) is 14.9 Å². The largest absolute Gasteiger partial charge is 0.377 e. The molecule has 6 heteroatoms. The second-order valence-electron chi connectivity index (χ2n) is 8.33. The molecular formula is C23H33N5O. The molecule has 1 N–H and O–H groups in total. The molecule has 1 aromatic carbocycles. The topological polar surface area (TPSA) is 43.8 Å². The Balaban J connectivity index is 1.25. The Morgan fingerprint density at radius 2 is 1.79 bits per heavy atom. The summed E-state index contributed by atoms with van der Waals surface area (Å²) in [4.78, 5) is 20.1. The minimum Gasteiger partial charge on any atom is -0.377 e. The number of aromatic nitrogens is 1. The van der Waals surface area contributed by atoms with E-state index in [9.17, 15) is 4.79 Å². The van der Waals surface area contributed by atoms with Crippen LogP contribution in [0.25, 0.3) is 10.9 Å².